The topological polar surface area (TPSA) is 70.7 Å². The lowest BCUT2D eigenvalue weighted by molar-refractivity contribution is -0.130. The Morgan fingerprint density at radius 3 is 3.20 bits per heavy atom. The molecule has 0 bridgehead atoms. The number of carbonyl (C=O) groups is 1. The summed E-state index contributed by atoms with van der Waals surface area (Å²) in [4.78, 5) is 19.4. The van der Waals surface area contributed by atoms with Crippen LogP contribution >= 0.6 is 11.3 Å². The van der Waals surface area contributed by atoms with Gasteiger partial charge >= 0.3 is 0 Å². The van der Waals surface area contributed by atoms with Gasteiger partial charge in [-0.15, -0.1) is 11.3 Å². The Hall–Kier alpha value is -1.82. The van der Waals surface area contributed by atoms with Gasteiger partial charge in [0.05, 0.1) is 0 Å². The van der Waals surface area contributed by atoms with Crippen molar-refractivity contribution in [2.45, 2.75) is 19.9 Å². The van der Waals surface area contributed by atoms with Gasteiger partial charge in [-0.1, -0.05) is 12.2 Å². The SMILES string of the molecule is C=C(C)CNC(N)=NCC(=O)N1CCc2sccc2C1. The number of thiophene rings is 1. The highest BCUT2D eigenvalue weighted by Crippen LogP contribution is 2.23. The number of nitrogens with zero attached hydrogens (tertiary/aromatic N) is 2. The highest BCUT2D eigenvalue weighted by atomic mass is 32.1. The fourth-order valence-electron chi connectivity index (χ4n) is 2.01. The fourth-order valence-corrected chi connectivity index (χ4v) is 2.90. The zero-order valence-electron chi connectivity index (χ0n) is 11.7. The minimum Gasteiger partial charge on any atom is -0.370 e. The van der Waals surface area contributed by atoms with Crippen LogP contribution in [0.25, 0.3) is 0 Å². The summed E-state index contributed by atoms with van der Waals surface area (Å²) < 4.78 is 0. The smallest absolute Gasteiger partial charge is 0.244 e. The van der Waals surface area contributed by atoms with Crippen LogP contribution in [0.15, 0.2) is 28.6 Å². The molecular formula is C14H20N4OS. The third-order valence-corrected chi connectivity index (χ3v) is 4.14. The molecule has 0 spiro atoms. The first-order valence-electron chi connectivity index (χ1n) is 6.57. The summed E-state index contributed by atoms with van der Waals surface area (Å²) in [7, 11) is 0. The molecule has 0 atom stereocenters. The average Bonchev–Trinajstić information content (AvgIpc) is 2.89. The first-order valence-corrected chi connectivity index (χ1v) is 7.45. The first-order chi connectivity index (χ1) is 9.56. The lowest BCUT2D eigenvalue weighted by Gasteiger charge is -2.26. The zero-order chi connectivity index (χ0) is 14.5. The van der Waals surface area contributed by atoms with E-state index in [4.69, 9.17) is 5.73 Å². The summed E-state index contributed by atoms with van der Waals surface area (Å²) in [6.07, 6.45) is 0.936. The summed E-state index contributed by atoms with van der Waals surface area (Å²) in [5.41, 5.74) is 7.91. The number of amides is 1. The van der Waals surface area contributed by atoms with Crippen molar-refractivity contribution in [3.8, 4) is 0 Å². The molecule has 0 aliphatic carbocycles. The van der Waals surface area contributed by atoms with E-state index in [-0.39, 0.29) is 18.4 Å². The lowest BCUT2D eigenvalue weighted by Crippen LogP contribution is -2.38. The number of nitrogens with one attached hydrogen (secondary N) is 1. The van der Waals surface area contributed by atoms with Crippen molar-refractivity contribution in [3.63, 3.8) is 0 Å². The number of fused-ring (bicyclic) bond motifs is 1. The molecule has 1 aliphatic rings. The molecule has 0 unspecified atom stereocenters. The van der Waals surface area contributed by atoms with E-state index in [2.05, 4.69) is 28.3 Å². The van der Waals surface area contributed by atoms with Crippen molar-refractivity contribution in [1.29, 1.82) is 0 Å². The van der Waals surface area contributed by atoms with Crippen molar-refractivity contribution in [2.24, 2.45) is 10.7 Å². The zero-order valence-corrected chi connectivity index (χ0v) is 12.5. The molecule has 0 aromatic carbocycles. The average molecular weight is 292 g/mol. The summed E-state index contributed by atoms with van der Waals surface area (Å²) >= 11 is 1.76. The van der Waals surface area contributed by atoms with Gasteiger partial charge in [-0.25, -0.2) is 4.99 Å². The van der Waals surface area contributed by atoms with Gasteiger partial charge in [-0.05, 0) is 30.4 Å². The molecule has 108 valence electrons. The molecule has 1 aromatic heterocycles. The molecule has 5 nitrogen and oxygen atoms in total. The maximum atomic E-state index is 12.1. The van der Waals surface area contributed by atoms with Crippen molar-refractivity contribution in [2.75, 3.05) is 19.6 Å². The minimum absolute atomic E-state index is 0.0157. The Balaban J connectivity index is 1.84. The number of carbonyl (C=O) groups excluding carboxylic acids is 1. The number of guanidine groups is 1. The monoisotopic (exact) mass is 292 g/mol. The van der Waals surface area contributed by atoms with Gasteiger partial charge in [0.2, 0.25) is 5.91 Å². The third kappa shape index (κ3) is 3.84. The van der Waals surface area contributed by atoms with Crippen LogP contribution in [-0.2, 0) is 17.8 Å². The van der Waals surface area contributed by atoms with Gasteiger partial charge in [0.1, 0.15) is 6.54 Å². The van der Waals surface area contributed by atoms with E-state index in [9.17, 15) is 4.79 Å². The van der Waals surface area contributed by atoms with Crippen molar-refractivity contribution in [3.05, 3.63) is 34.0 Å². The molecule has 20 heavy (non-hydrogen) atoms. The van der Waals surface area contributed by atoms with Crippen LogP contribution in [-0.4, -0.2) is 36.4 Å². The largest absolute Gasteiger partial charge is 0.370 e. The Kier molecular flexibility index (Phi) is 4.79. The number of rotatable bonds is 4. The molecule has 0 saturated heterocycles. The normalized spacial score (nSPS) is 14.8. The second-order valence-electron chi connectivity index (χ2n) is 4.95. The lowest BCUT2D eigenvalue weighted by atomic mass is 10.1. The highest BCUT2D eigenvalue weighted by Gasteiger charge is 2.20. The molecule has 1 amide bonds. The number of nitrogens with two attached hydrogens (primary N) is 1. The van der Waals surface area contributed by atoms with Gasteiger partial charge in [0, 0.05) is 24.5 Å². The van der Waals surface area contributed by atoms with E-state index in [0.29, 0.717) is 13.1 Å². The second kappa shape index (κ2) is 6.56. The van der Waals surface area contributed by atoms with Crippen LogP contribution in [0.4, 0.5) is 0 Å². The van der Waals surface area contributed by atoms with Crippen LogP contribution in [0.2, 0.25) is 0 Å². The highest BCUT2D eigenvalue weighted by molar-refractivity contribution is 7.10. The summed E-state index contributed by atoms with van der Waals surface area (Å²) in [5.74, 6) is 0.302. The molecule has 1 aliphatic heterocycles. The molecule has 0 saturated carbocycles. The maximum Gasteiger partial charge on any atom is 0.244 e. The van der Waals surface area contributed by atoms with Gasteiger partial charge in [0.15, 0.2) is 5.96 Å². The van der Waals surface area contributed by atoms with Crippen LogP contribution in [0, 0.1) is 0 Å². The molecule has 3 N–H and O–H groups in total. The molecule has 6 heteroatoms. The standard InChI is InChI=1S/C14H20N4OS/c1-10(2)7-16-14(15)17-8-13(19)18-5-3-12-11(9-18)4-6-20-12/h4,6H,1,3,5,7-9H2,2H3,(H3,15,16,17). The van der Waals surface area contributed by atoms with E-state index in [1.807, 2.05) is 11.8 Å². The molecule has 2 heterocycles. The molecular weight excluding hydrogens is 272 g/mol. The molecule has 1 aromatic rings. The van der Waals surface area contributed by atoms with Crippen molar-refractivity contribution >= 4 is 23.2 Å². The molecule has 2 rings (SSSR count). The van der Waals surface area contributed by atoms with E-state index in [0.717, 1.165) is 18.5 Å². The summed E-state index contributed by atoms with van der Waals surface area (Å²) in [6, 6.07) is 2.09. The van der Waals surface area contributed by atoms with Gasteiger partial charge < -0.3 is 16.0 Å². The van der Waals surface area contributed by atoms with Gasteiger partial charge in [0.25, 0.3) is 0 Å². The van der Waals surface area contributed by atoms with Gasteiger partial charge in [-0.2, -0.15) is 0 Å². The minimum atomic E-state index is 0.0157. The Morgan fingerprint density at radius 1 is 1.65 bits per heavy atom. The van der Waals surface area contributed by atoms with Crippen molar-refractivity contribution < 1.29 is 4.79 Å². The van der Waals surface area contributed by atoms with Crippen LogP contribution in [0.3, 0.4) is 0 Å². The molecule has 0 radical (unpaired) electrons. The Bertz CT molecular complexity index is 535. The predicted molar refractivity (Wildman–Crippen MR) is 82.7 cm³/mol. The summed E-state index contributed by atoms with van der Waals surface area (Å²) in [6.45, 7) is 7.78. The Labute approximate surface area is 123 Å². The van der Waals surface area contributed by atoms with E-state index >= 15 is 0 Å². The van der Waals surface area contributed by atoms with E-state index < -0.39 is 0 Å². The van der Waals surface area contributed by atoms with Crippen LogP contribution < -0.4 is 11.1 Å². The fraction of sp³-hybridized carbons (Fsp3) is 0.429. The quantitative estimate of drug-likeness (QED) is 0.496. The Morgan fingerprint density at radius 2 is 2.45 bits per heavy atom. The van der Waals surface area contributed by atoms with Crippen molar-refractivity contribution in [1.82, 2.24) is 10.2 Å². The number of aliphatic imine (C=N–C) groups is 1. The molecule has 0 fully saturated rings. The number of hydrogen-bond donors (Lipinski definition) is 2. The van der Waals surface area contributed by atoms with Crippen LogP contribution in [0.1, 0.15) is 17.4 Å². The van der Waals surface area contributed by atoms with Gasteiger partial charge in [-0.3, -0.25) is 4.79 Å². The summed E-state index contributed by atoms with van der Waals surface area (Å²) in [5, 5.41) is 4.99. The predicted octanol–water partition coefficient (Wildman–Crippen LogP) is 1.11. The van der Waals surface area contributed by atoms with E-state index in [1.54, 1.807) is 11.3 Å². The number of hydrogen-bond acceptors (Lipinski definition) is 3. The second-order valence-corrected chi connectivity index (χ2v) is 5.95. The van der Waals surface area contributed by atoms with Crippen LogP contribution in [0.5, 0.6) is 0 Å². The third-order valence-electron chi connectivity index (χ3n) is 3.12. The first kappa shape index (κ1) is 14.6. The van der Waals surface area contributed by atoms with E-state index in [1.165, 1.54) is 10.4 Å². The maximum absolute atomic E-state index is 12.1.